The quantitative estimate of drug-likeness (QED) is 0.626. The van der Waals surface area contributed by atoms with Crippen LogP contribution in [-0.4, -0.2) is 28.0 Å². The maximum absolute atomic E-state index is 13.1. The van der Waals surface area contributed by atoms with Gasteiger partial charge in [-0.1, -0.05) is 37.3 Å². The number of nitrogens with zero attached hydrogens (tertiary/aromatic N) is 2. The summed E-state index contributed by atoms with van der Waals surface area (Å²) in [5.41, 5.74) is 2.64. The second-order valence-corrected chi connectivity index (χ2v) is 7.05. The Kier molecular flexibility index (Phi) is 5.94. The molecule has 2 N–H and O–H groups in total. The van der Waals surface area contributed by atoms with Crippen molar-refractivity contribution in [1.82, 2.24) is 20.2 Å². The zero-order valence-corrected chi connectivity index (χ0v) is 16.8. The first-order valence-corrected chi connectivity index (χ1v) is 10.00. The number of carbonyl (C=O) groups is 2. The van der Waals surface area contributed by atoms with Crippen molar-refractivity contribution in [2.45, 2.75) is 39.1 Å². The summed E-state index contributed by atoms with van der Waals surface area (Å²) in [5.74, 6) is -0.0866. The molecule has 8 nitrogen and oxygen atoms in total. The van der Waals surface area contributed by atoms with Crippen LogP contribution in [0.3, 0.4) is 0 Å². The van der Waals surface area contributed by atoms with Crippen LogP contribution in [0.15, 0.2) is 53.3 Å². The molecule has 1 aliphatic heterocycles. The molecule has 0 saturated carbocycles. The normalized spacial score (nSPS) is 14.0. The monoisotopic (exact) mass is 408 g/mol. The molecule has 0 fully saturated rings. The molecule has 0 radical (unpaired) electrons. The minimum Gasteiger partial charge on any atom is -0.447 e. The van der Waals surface area contributed by atoms with Gasteiger partial charge in [-0.25, -0.2) is 4.98 Å². The number of aromatic nitrogens is 2. The summed E-state index contributed by atoms with van der Waals surface area (Å²) in [6.45, 7) is 3.50. The standard InChI is InChI=1S/C22H24N4O4/c1-2-17(15-6-4-3-5-7-15)25-22(28)18-12-16(19-14-29-11-9-26(18)19)21(27)24-13-20-23-8-10-30-20/h3-8,10,12,17H,2,9,11,13-14H2,1H3,(H,24,27)(H,25,28)/t17-/m1/s1. The molecule has 2 amide bonds. The molecular weight excluding hydrogens is 384 g/mol. The lowest BCUT2D eigenvalue weighted by molar-refractivity contribution is 0.0775. The van der Waals surface area contributed by atoms with Crippen molar-refractivity contribution in [2.75, 3.05) is 6.61 Å². The van der Waals surface area contributed by atoms with Crippen molar-refractivity contribution in [3.8, 4) is 0 Å². The van der Waals surface area contributed by atoms with Crippen molar-refractivity contribution in [3.63, 3.8) is 0 Å². The number of nitrogens with one attached hydrogen (secondary N) is 2. The van der Waals surface area contributed by atoms with Crippen LogP contribution in [0, 0.1) is 0 Å². The number of carbonyl (C=O) groups excluding carboxylic acids is 2. The van der Waals surface area contributed by atoms with Gasteiger partial charge in [0.25, 0.3) is 11.8 Å². The predicted molar refractivity (Wildman–Crippen MR) is 109 cm³/mol. The highest BCUT2D eigenvalue weighted by Gasteiger charge is 2.27. The van der Waals surface area contributed by atoms with Gasteiger partial charge in [0.2, 0.25) is 5.89 Å². The number of benzene rings is 1. The third-order valence-electron chi connectivity index (χ3n) is 5.18. The summed E-state index contributed by atoms with van der Waals surface area (Å²) in [4.78, 5) is 29.9. The van der Waals surface area contributed by atoms with Gasteiger partial charge in [-0.05, 0) is 18.1 Å². The van der Waals surface area contributed by atoms with Gasteiger partial charge in [-0.15, -0.1) is 0 Å². The average molecular weight is 408 g/mol. The zero-order chi connectivity index (χ0) is 20.9. The minimum absolute atomic E-state index is 0.105. The molecule has 4 rings (SSSR count). The Bertz CT molecular complexity index is 1010. The van der Waals surface area contributed by atoms with Crippen LogP contribution in [0.4, 0.5) is 0 Å². The van der Waals surface area contributed by atoms with E-state index in [0.717, 1.165) is 12.0 Å². The third-order valence-corrected chi connectivity index (χ3v) is 5.18. The fourth-order valence-electron chi connectivity index (χ4n) is 3.64. The van der Waals surface area contributed by atoms with Crippen molar-refractivity contribution >= 4 is 11.8 Å². The maximum atomic E-state index is 13.1. The SMILES string of the molecule is CC[C@@H](NC(=O)c1cc(C(=O)NCc2ncco2)c2n1CCOC2)c1ccccc1. The molecule has 2 aromatic heterocycles. The minimum atomic E-state index is -0.295. The van der Waals surface area contributed by atoms with E-state index in [9.17, 15) is 9.59 Å². The number of hydrogen-bond donors (Lipinski definition) is 2. The van der Waals surface area contributed by atoms with Crippen molar-refractivity contribution in [1.29, 1.82) is 0 Å². The Balaban J connectivity index is 1.55. The van der Waals surface area contributed by atoms with Gasteiger partial charge in [0.15, 0.2) is 0 Å². The van der Waals surface area contributed by atoms with Crippen LogP contribution >= 0.6 is 0 Å². The van der Waals surface area contributed by atoms with Crippen molar-refractivity contribution < 1.29 is 18.7 Å². The smallest absolute Gasteiger partial charge is 0.268 e. The summed E-state index contributed by atoms with van der Waals surface area (Å²) in [6, 6.07) is 11.4. The van der Waals surface area contributed by atoms with Gasteiger partial charge < -0.3 is 24.4 Å². The largest absolute Gasteiger partial charge is 0.447 e. The van der Waals surface area contributed by atoms with Crippen molar-refractivity contribution in [3.05, 3.63) is 77.3 Å². The van der Waals surface area contributed by atoms with E-state index >= 15 is 0 Å². The number of rotatable bonds is 7. The molecule has 1 atom stereocenters. The summed E-state index contributed by atoms with van der Waals surface area (Å²) >= 11 is 0. The summed E-state index contributed by atoms with van der Waals surface area (Å²) in [6.07, 6.45) is 3.74. The predicted octanol–water partition coefficient (Wildman–Crippen LogP) is 2.82. The molecular formula is C22H24N4O4. The number of ether oxygens (including phenoxy) is 1. The molecule has 30 heavy (non-hydrogen) atoms. The van der Waals surface area contributed by atoms with Crippen LogP contribution in [-0.2, 0) is 24.4 Å². The highest BCUT2D eigenvalue weighted by Crippen LogP contribution is 2.23. The maximum Gasteiger partial charge on any atom is 0.268 e. The van der Waals surface area contributed by atoms with E-state index in [1.54, 1.807) is 6.07 Å². The van der Waals surface area contributed by atoms with Gasteiger partial charge >= 0.3 is 0 Å². The molecule has 1 aromatic carbocycles. The Morgan fingerprint density at radius 1 is 1.23 bits per heavy atom. The van der Waals surface area contributed by atoms with Gasteiger partial charge in [-0.2, -0.15) is 0 Å². The molecule has 0 unspecified atom stereocenters. The lowest BCUT2D eigenvalue weighted by Crippen LogP contribution is -2.31. The fraction of sp³-hybridized carbons (Fsp3) is 0.318. The number of amides is 2. The van der Waals surface area contributed by atoms with Crippen LogP contribution in [0.5, 0.6) is 0 Å². The average Bonchev–Trinajstić information content (AvgIpc) is 3.44. The van der Waals surface area contributed by atoms with E-state index in [-0.39, 0.29) is 31.0 Å². The molecule has 0 bridgehead atoms. The molecule has 156 valence electrons. The third kappa shape index (κ3) is 4.13. The van der Waals surface area contributed by atoms with E-state index in [0.29, 0.717) is 36.0 Å². The summed E-state index contributed by atoms with van der Waals surface area (Å²) in [7, 11) is 0. The van der Waals surface area contributed by atoms with Gasteiger partial charge in [0.05, 0.1) is 43.3 Å². The summed E-state index contributed by atoms with van der Waals surface area (Å²) in [5, 5.41) is 5.88. The number of hydrogen-bond acceptors (Lipinski definition) is 5. The highest BCUT2D eigenvalue weighted by molar-refractivity contribution is 6.00. The molecule has 8 heteroatoms. The zero-order valence-electron chi connectivity index (χ0n) is 16.8. The molecule has 1 aliphatic rings. The summed E-state index contributed by atoms with van der Waals surface area (Å²) < 4.78 is 12.6. The number of fused-ring (bicyclic) bond motifs is 1. The molecule has 0 aliphatic carbocycles. The van der Waals surface area contributed by atoms with Crippen LogP contribution < -0.4 is 10.6 Å². The van der Waals surface area contributed by atoms with E-state index in [1.807, 2.05) is 41.8 Å². The molecule has 3 heterocycles. The molecule has 3 aromatic rings. The Labute approximate surface area is 174 Å². The first-order chi connectivity index (χ1) is 14.7. The van der Waals surface area contributed by atoms with Gasteiger partial charge in [0, 0.05) is 6.54 Å². The highest BCUT2D eigenvalue weighted by atomic mass is 16.5. The van der Waals surface area contributed by atoms with Gasteiger partial charge in [0.1, 0.15) is 12.0 Å². The second-order valence-electron chi connectivity index (χ2n) is 7.05. The van der Waals surface area contributed by atoms with E-state index in [2.05, 4.69) is 15.6 Å². The Morgan fingerprint density at radius 3 is 2.80 bits per heavy atom. The lowest BCUT2D eigenvalue weighted by Gasteiger charge is -2.21. The van der Waals surface area contributed by atoms with E-state index in [1.165, 1.54) is 12.5 Å². The van der Waals surface area contributed by atoms with Crippen LogP contribution in [0.1, 0.15) is 57.4 Å². The second kappa shape index (κ2) is 8.96. The van der Waals surface area contributed by atoms with Crippen LogP contribution in [0.2, 0.25) is 0 Å². The van der Waals surface area contributed by atoms with Gasteiger partial charge in [-0.3, -0.25) is 9.59 Å². The number of oxazole rings is 1. The lowest BCUT2D eigenvalue weighted by atomic mass is 10.0. The van der Waals surface area contributed by atoms with Crippen molar-refractivity contribution in [2.24, 2.45) is 0 Å². The first-order valence-electron chi connectivity index (χ1n) is 10.00. The Morgan fingerprint density at radius 2 is 2.07 bits per heavy atom. The van der Waals surface area contributed by atoms with E-state index in [4.69, 9.17) is 9.15 Å². The fourth-order valence-corrected chi connectivity index (χ4v) is 3.64. The Hall–Kier alpha value is -3.39. The molecule has 0 spiro atoms. The van der Waals surface area contributed by atoms with Crippen LogP contribution in [0.25, 0.3) is 0 Å². The molecule has 0 saturated heterocycles. The first kappa shape index (κ1) is 19.9. The van der Waals surface area contributed by atoms with E-state index < -0.39 is 0 Å². The topological polar surface area (TPSA) is 98.4 Å².